The second-order valence-electron chi connectivity index (χ2n) is 1.98. The van der Waals surface area contributed by atoms with Gasteiger partial charge in [0, 0.05) is 7.05 Å². The zero-order valence-corrected chi connectivity index (χ0v) is 6.35. The molecule has 0 spiro atoms. The van der Waals surface area contributed by atoms with Crippen LogP contribution in [0.1, 0.15) is 0 Å². The van der Waals surface area contributed by atoms with Crippen molar-refractivity contribution >= 4 is 5.91 Å². The largest absolute Gasteiger partial charge is 0.334 e. The summed E-state index contributed by atoms with van der Waals surface area (Å²) < 4.78 is 0. The van der Waals surface area contributed by atoms with E-state index in [0.29, 0.717) is 13.1 Å². The van der Waals surface area contributed by atoms with E-state index in [4.69, 9.17) is 6.42 Å². The van der Waals surface area contributed by atoms with E-state index in [1.165, 1.54) is 4.90 Å². The minimum atomic E-state index is 0.0143. The fourth-order valence-corrected chi connectivity index (χ4v) is 0.511. The molecule has 3 heteroatoms. The Morgan fingerprint density at radius 2 is 2.40 bits per heavy atom. The van der Waals surface area contributed by atoms with Gasteiger partial charge in [-0.15, -0.1) is 6.42 Å². The maximum atomic E-state index is 10.9. The predicted octanol–water partition coefficient (Wildman–Crippen LogP) is -0.703. The molecule has 0 aromatic rings. The van der Waals surface area contributed by atoms with Crippen LogP contribution in [0.15, 0.2) is 0 Å². The zero-order chi connectivity index (χ0) is 7.98. The van der Waals surface area contributed by atoms with Gasteiger partial charge in [0.15, 0.2) is 0 Å². The lowest BCUT2D eigenvalue weighted by molar-refractivity contribution is -0.128. The molecule has 0 radical (unpaired) electrons. The number of terminal acetylenes is 1. The van der Waals surface area contributed by atoms with Crippen LogP contribution in [0.25, 0.3) is 0 Å². The summed E-state index contributed by atoms with van der Waals surface area (Å²) in [4.78, 5) is 12.4. The molecule has 0 atom stereocenters. The Morgan fingerprint density at radius 1 is 1.80 bits per heavy atom. The molecule has 1 amide bonds. The molecule has 0 heterocycles. The first kappa shape index (κ1) is 8.99. The number of likely N-dealkylation sites (N-methyl/N-ethyl adjacent to an activating group) is 2. The summed E-state index contributed by atoms with van der Waals surface area (Å²) in [6.07, 6.45) is 5.00. The van der Waals surface area contributed by atoms with Gasteiger partial charge in [0.05, 0.1) is 13.1 Å². The number of nitrogens with zero attached hydrogens (tertiary/aromatic N) is 1. The standard InChI is InChI=1S/C7H12N2O/c1-4-5-9(3)7(10)6-8-2/h1,8H,5-6H2,2-3H3. The molecule has 56 valence electrons. The molecule has 0 rings (SSSR count). The van der Waals surface area contributed by atoms with Crippen LogP contribution in [0.5, 0.6) is 0 Å². The number of hydrogen-bond donors (Lipinski definition) is 1. The quantitative estimate of drug-likeness (QED) is 0.526. The van der Waals surface area contributed by atoms with Crippen LogP contribution in [0.2, 0.25) is 0 Å². The lowest BCUT2D eigenvalue weighted by atomic mass is 10.5. The number of rotatable bonds is 3. The van der Waals surface area contributed by atoms with Gasteiger partial charge < -0.3 is 10.2 Å². The molecular formula is C7H12N2O. The summed E-state index contributed by atoms with van der Waals surface area (Å²) in [6.45, 7) is 0.721. The molecule has 0 saturated heterocycles. The molecule has 0 aliphatic rings. The summed E-state index contributed by atoms with van der Waals surface area (Å²) in [5.41, 5.74) is 0. The van der Waals surface area contributed by atoms with Gasteiger partial charge in [-0.25, -0.2) is 0 Å². The van der Waals surface area contributed by atoms with Crippen molar-refractivity contribution in [1.29, 1.82) is 0 Å². The highest BCUT2D eigenvalue weighted by Crippen LogP contribution is 1.79. The third kappa shape index (κ3) is 3.10. The number of carbonyl (C=O) groups excluding carboxylic acids is 1. The summed E-state index contributed by atoms with van der Waals surface area (Å²) >= 11 is 0. The molecule has 0 fully saturated rings. The SMILES string of the molecule is C#CCN(C)C(=O)CNC. The van der Waals surface area contributed by atoms with E-state index < -0.39 is 0 Å². The molecule has 0 bridgehead atoms. The highest BCUT2D eigenvalue weighted by molar-refractivity contribution is 5.78. The Morgan fingerprint density at radius 3 is 2.80 bits per heavy atom. The number of hydrogen-bond acceptors (Lipinski definition) is 2. The Kier molecular flexibility index (Phi) is 4.34. The molecule has 0 aromatic heterocycles. The fourth-order valence-electron chi connectivity index (χ4n) is 0.511. The van der Waals surface area contributed by atoms with Gasteiger partial charge >= 0.3 is 0 Å². The van der Waals surface area contributed by atoms with Crippen LogP contribution < -0.4 is 5.32 Å². The molecule has 0 unspecified atom stereocenters. The van der Waals surface area contributed by atoms with Crippen molar-refractivity contribution in [1.82, 2.24) is 10.2 Å². The fraction of sp³-hybridized carbons (Fsp3) is 0.571. The first-order valence-electron chi connectivity index (χ1n) is 3.04. The topological polar surface area (TPSA) is 32.3 Å². The number of amides is 1. The Balaban J connectivity index is 3.62. The third-order valence-corrected chi connectivity index (χ3v) is 1.08. The van der Waals surface area contributed by atoms with Crippen LogP contribution in [-0.2, 0) is 4.79 Å². The van der Waals surface area contributed by atoms with E-state index in [0.717, 1.165) is 0 Å². The Bertz CT molecular complexity index is 148. The number of carbonyl (C=O) groups is 1. The highest BCUT2D eigenvalue weighted by atomic mass is 16.2. The van der Waals surface area contributed by atoms with Gasteiger partial charge in [-0.3, -0.25) is 4.79 Å². The monoisotopic (exact) mass is 140 g/mol. The summed E-state index contributed by atoms with van der Waals surface area (Å²) in [5.74, 6) is 2.40. The van der Waals surface area contributed by atoms with Crippen molar-refractivity contribution in [2.24, 2.45) is 0 Å². The first-order valence-corrected chi connectivity index (χ1v) is 3.04. The number of nitrogens with one attached hydrogen (secondary N) is 1. The molecule has 1 N–H and O–H groups in total. The average Bonchev–Trinajstić information content (AvgIpc) is 1.89. The van der Waals surface area contributed by atoms with Gasteiger partial charge in [-0.05, 0) is 7.05 Å². The van der Waals surface area contributed by atoms with Crippen LogP contribution in [0.4, 0.5) is 0 Å². The Hall–Kier alpha value is -1.01. The summed E-state index contributed by atoms with van der Waals surface area (Å²) in [5, 5.41) is 2.75. The minimum Gasteiger partial charge on any atom is -0.334 e. The first-order chi connectivity index (χ1) is 4.72. The highest BCUT2D eigenvalue weighted by Gasteiger charge is 2.03. The summed E-state index contributed by atoms with van der Waals surface area (Å²) in [7, 11) is 3.40. The molecule has 0 aliphatic carbocycles. The second kappa shape index (κ2) is 4.83. The van der Waals surface area contributed by atoms with Crippen molar-refractivity contribution in [3.63, 3.8) is 0 Å². The van der Waals surface area contributed by atoms with Crippen molar-refractivity contribution in [3.8, 4) is 12.3 Å². The van der Waals surface area contributed by atoms with Crippen molar-refractivity contribution in [3.05, 3.63) is 0 Å². The van der Waals surface area contributed by atoms with Crippen LogP contribution in [0.3, 0.4) is 0 Å². The maximum Gasteiger partial charge on any atom is 0.237 e. The van der Waals surface area contributed by atoms with E-state index >= 15 is 0 Å². The van der Waals surface area contributed by atoms with E-state index in [9.17, 15) is 4.79 Å². The van der Waals surface area contributed by atoms with Crippen molar-refractivity contribution in [2.75, 3.05) is 27.2 Å². The van der Waals surface area contributed by atoms with Gasteiger partial charge in [0.1, 0.15) is 0 Å². The smallest absolute Gasteiger partial charge is 0.237 e. The molecule has 3 nitrogen and oxygen atoms in total. The van der Waals surface area contributed by atoms with Crippen LogP contribution >= 0.6 is 0 Å². The lowest BCUT2D eigenvalue weighted by Gasteiger charge is -2.12. The molecule has 0 aromatic carbocycles. The predicted molar refractivity (Wildman–Crippen MR) is 40.4 cm³/mol. The average molecular weight is 140 g/mol. The van der Waals surface area contributed by atoms with Gasteiger partial charge in [-0.1, -0.05) is 5.92 Å². The van der Waals surface area contributed by atoms with Crippen molar-refractivity contribution < 1.29 is 4.79 Å². The normalized spacial score (nSPS) is 8.50. The molecular weight excluding hydrogens is 128 g/mol. The van der Waals surface area contributed by atoms with E-state index in [1.807, 2.05) is 0 Å². The van der Waals surface area contributed by atoms with Gasteiger partial charge in [0.2, 0.25) is 5.91 Å². The van der Waals surface area contributed by atoms with E-state index in [1.54, 1.807) is 14.1 Å². The minimum absolute atomic E-state index is 0.0143. The zero-order valence-electron chi connectivity index (χ0n) is 6.35. The van der Waals surface area contributed by atoms with Crippen LogP contribution in [-0.4, -0.2) is 38.0 Å². The van der Waals surface area contributed by atoms with E-state index in [2.05, 4.69) is 11.2 Å². The Labute approximate surface area is 61.4 Å². The van der Waals surface area contributed by atoms with E-state index in [-0.39, 0.29) is 5.91 Å². The molecule has 0 aliphatic heterocycles. The summed E-state index contributed by atoms with van der Waals surface area (Å²) in [6, 6.07) is 0. The van der Waals surface area contributed by atoms with Crippen molar-refractivity contribution in [2.45, 2.75) is 0 Å². The van der Waals surface area contributed by atoms with Gasteiger partial charge in [0.25, 0.3) is 0 Å². The molecule has 0 saturated carbocycles. The second-order valence-corrected chi connectivity index (χ2v) is 1.98. The van der Waals surface area contributed by atoms with Crippen LogP contribution in [0, 0.1) is 12.3 Å². The van der Waals surface area contributed by atoms with Gasteiger partial charge in [-0.2, -0.15) is 0 Å². The lowest BCUT2D eigenvalue weighted by Crippen LogP contribution is -2.34. The third-order valence-electron chi connectivity index (χ3n) is 1.08. The maximum absolute atomic E-state index is 10.9. The molecule has 10 heavy (non-hydrogen) atoms.